The fourth-order valence-corrected chi connectivity index (χ4v) is 7.31. The number of aliphatic carboxylic acids is 1. The van der Waals surface area contributed by atoms with Gasteiger partial charge in [-0.25, -0.2) is 0 Å². The number of halogens is 1. The summed E-state index contributed by atoms with van der Waals surface area (Å²) in [6.07, 6.45) is 7.40. The van der Waals surface area contributed by atoms with E-state index in [9.17, 15) is 19.5 Å². The third kappa shape index (κ3) is 4.43. The van der Waals surface area contributed by atoms with E-state index in [0.29, 0.717) is 5.02 Å². The van der Waals surface area contributed by atoms with Crippen LogP contribution in [0.5, 0.6) is 0 Å². The maximum absolute atomic E-state index is 14.4. The van der Waals surface area contributed by atoms with Crippen molar-refractivity contribution in [2.75, 3.05) is 4.90 Å². The number of carboxylic acids is 1. The van der Waals surface area contributed by atoms with Gasteiger partial charge in [0.2, 0.25) is 11.8 Å². The summed E-state index contributed by atoms with van der Waals surface area (Å²) in [7, 11) is 0. The van der Waals surface area contributed by atoms with Crippen LogP contribution in [0.25, 0.3) is 0 Å². The number of nitrogens with zero attached hydrogens (tertiary/aromatic N) is 2. The molecule has 2 aromatic carbocycles. The zero-order valence-corrected chi connectivity index (χ0v) is 21.7. The van der Waals surface area contributed by atoms with E-state index in [-0.39, 0.29) is 54.6 Å². The van der Waals surface area contributed by atoms with Gasteiger partial charge in [0, 0.05) is 29.4 Å². The van der Waals surface area contributed by atoms with Crippen LogP contribution in [0.4, 0.5) is 5.69 Å². The first kappa shape index (κ1) is 24.5. The van der Waals surface area contributed by atoms with Crippen LogP contribution in [0, 0.1) is 5.92 Å². The molecule has 1 unspecified atom stereocenters. The van der Waals surface area contributed by atoms with E-state index in [0.717, 1.165) is 68.2 Å². The summed E-state index contributed by atoms with van der Waals surface area (Å²) in [6, 6.07) is 14.1. The van der Waals surface area contributed by atoms with Crippen molar-refractivity contribution < 1.29 is 19.5 Å². The fourth-order valence-electron chi connectivity index (χ4n) is 7.14. The molecule has 0 bridgehead atoms. The Labute approximate surface area is 222 Å². The maximum Gasteiger partial charge on any atom is 0.303 e. The molecule has 6 rings (SSSR count). The normalized spacial score (nSPS) is 26.1. The lowest BCUT2D eigenvalue weighted by Crippen LogP contribution is -2.54. The standard InChI is InChI=1S/C30H33ClN2O4/c31-19-11-14-24-26(17-19)33(30(37)22-8-3-6-18-5-1-2-7-21(18)22)25-10-4-9-23(25)29(24)32(20-12-13-20)27(34)15-16-28(35)36/h1-2,5,7,11,14,17,20,22-23,25,29H,3-4,6,8-10,12-13,15-16H2,(H,35,36)/t22?,23-,25+,29+/m0/s1. The highest BCUT2D eigenvalue weighted by Gasteiger charge is 2.52. The van der Waals surface area contributed by atoms with Gasteiger partial charge >= 0.3 is 5.97 Å². The number of hydrogen-bond donors (Lipinski definition) is 1. The monoisotopic (exact) mass is 520 g/mol. The van der Waals surface area contributed by atoms with Crippen LogP contribution >= 0.6 is 11.6 Å². The Hall–Kier alpha value is -2.86. The molecule has 4 atom stereocenters. The third-order valence-electron chi connectivity index (χ3n) is 8.83. The third-order valence-corrected chi connectivity index (χ3v) is 9.06. The predicted octanol–water partition coefficient (Wildman–Crippen LogP) is 5.87. The molecule has 2 aromatic rings. The summed E-state index contributed by atoms with van der Waals surface area (Å²) in [5.74, 6) is -0.955. The van der Waals surface area contributed by atoms with Gasteiger partial charge in [-0.15, -0.1) is 0 Å². The predicted molar refractivity (Wildman–Crippen MR) is 142 cm³/mol. The molecule has 0 radical (unpaired) electrons. The van der Waals surface area contributed by atoms with E-state index in [4.69, 9.17) is 11.6 Å². The van der Waals surface area contributed by atoms with Crippen LogP contribution < -0.4 is 4.90 Å². The molecular formula is C30H33ClN2O4. The molecule has 3 aliphatic carbocycles. The number of aryl methyl sites for hydroxylation is 1. The summed E-state index contributed by atoms with van der Waals surface area (Å²) in [5, 5.41) is 9.78. The molecule has 0 spiro atoms. The Bertz CT molecular complexity index is 1240. The molecule has 0 aromatic heterocycles. The molecule has 37 heavy (non-hydrogen) atoms. The van der Waals surface area contributed by atoms with Crippen molar-refractivity contribution in [3.8, 4) is 0 Å². The Balaban J connectivity index is 1.42. The second-order valence-electron chi connectivity index (χ2n) is 11.1. The molecule has 0 saturated heterocycles. The molecule has 2 saturated carbocycles. The summed E-state index contributed by atoms with van der Waals surface area (Å²) in [6.45, 7) is 0. The van der Waals surface area contributed by atoms with Crippen molar-refractivity contribution in [1.82, 2.24) is 4.90 Å². The lowest BCUT2D eigenvalue weighted by atomic mass is 9.78. The van der Waals surface area contributed by atoms with Gasteiger partial charge in [0.25, 0.3) is 0 Å². The lowest BCUT2D eigenvalue weighted by Gasteiger charge is -2.49. The minimum Gasteiger partial charge on any atom is -0.481 e. The minimum atomic E-state index is -0.955. The zero-order chi connectivity index (χ0) is 25.7. The Morgan fingerprint density at radius 2 is 1.76 bits per heavy atom. The van der Waals surface area contributed by atoms with Gasteiger partial charge in [0.05, 0.1) is 24.1 Å². The van der Waals surface area contributed by atoms with E-state index < -0.39 is 5.97 Å². The van der Waals surface area contributed by atoms with Crippen LogP contribution in [-0.2, 0) is 20.8 Å². The number of carbonyl (C=O) groups is 3. The molecule has 4 aliphatic rings. The summed E-state index contributed by atoms with van der Waals surface area (Å²) in [5.41, 5.74) is 4.20. The molecule has 1 aliphatic heterocycles. The average molecular weight is 521 g/mol. The molecular weight excluding hydrogens is 488 g/mol. The van der Waals surface area contributed by atoms with Crippen molar-refractivity contribution in [2.24, 2.45) is 5.92 Å². The Morgan fingerprint density at radius 1 is 0.946 bits per heavy atom. The second-order valence-corrected chi connectivity index (χ2v) is 11.5. The van der Waals surface area contributed by atoms with Crippen LogP contribution in [0.15, 0.2) is 42.5 Å². The number of benzene rings is 2. The average Bonchev–Trinajstić information content (AvgIpc) is 3.61. The number of carbonyl (C=O) groups excluding carboxylic acids is 2. The largest absolute Gasteiger partial charge is 0.481 e. The van der Waals surface area contributed by atoms with Crippen molar-refractivity contribution in [2.45, 2.75) is 88.3 Å². The molecule has 2 amide bonds. The molecule has 2 fully saturated rings. The van der Waals surface area contributed by atoms with Gasteiger partial charge in [-0.3, -0.25) is 14.4 Å². The topological polar surface area (TPSA) is 77.9 Å². The Kier molecular flexibility index (Phi) is 6.47. The van der Waals surface area contributed by atoms with Crippen molar-refractivity contribution in [1.29, 1.82) is 0 Å². The van der Waals surface area contributed by atoms with Crippen LogP contribution in [0.1, 0.15) is 86.4 Å². The van der Waals surface area contributed by atoms with Gasteiger partial charge in [-0.2, -0.15) is 0 Å². The fraction of sp³-hybridized carbons (Fsp3) is 0.500. The van der Waals surface area contributed by atoms with Crippen molar-refractivity contribution in [3.63, 3.8) is 0 Å². The summed E-state index contributed by atoms with van der Waals surface area (Å²) >= 11 is 6.52. The molecule has 1 N–H and O–H groups in total. The van der Waals surface area contributed by atoms with Crippen molar-refractivity contribution >= 4 is 35.1 Å². The first-order valence-electron chi connectivity index (χ1n) is 13.7. The molecule has 7 heteroatoms. The van der Waals surface area contributed by atoms with E-state index >= 15 is 0 Å². The maximum atomic E-state index is 14.4. The highest BCUT2D eigenvalue weighted by molar-refractivity contribution is 6.31. The zero-order valence-electron chi connectivity index (χ0n) is 20.9. The van der Waals surface area contributed by atoms with Crippen molar-refractivity contribution in [3.05, 3.63) is 64.2 Å². The van der Waals surface area contributed by atoms with Gasteiger partial charge in [0.15, 0.2) is 0 Å². The van der Waals surface area contributed by atoms with Gasteiger partial charge in [-0.05, 0) is 73.8 Å². The second kappa shape index (κ2) is 9.79. The summed E-state index contributed by atoms with van der Waals surface area (Å²) in [4.78, 5) is 43.1. The van der Waals surface area contributed by atoms with Gasteiger partial charge < -0.3 is 14.9 Å². The van der Waals surface area contributed by atoms with E-state index in [1.54, 1.807) is 0 Å². The number of fused-ring (bicyclic) bond motifs is 3. The van der Waals surface area contributed by atoms with Crippen LogP contribution in [0.3, 0.4) is 0 Å². The van der Waals surface area contributed by atoms with E-state index in [2.05, 4.69) is 12.1 Å². The number of hydrogen-bond acceptors (Lipinski definition) is 3. The van der Waals surface area contributed by atoms with E-state index in [1.807, 2.05) is 40.1 Å². The first-order valence-corrected chi connectivity index (χ1v) is 14.0. The first-order chi connectivity index (χ1) is 17.9. The quantitative estimate of drug-likeness (QED) is 0.516. The number of anilines is 1. The van der Waals surface area contributed by atoms with Gasteiger partial charge in [0.1, 0.15) is 0 Å². The molecule has 1 heterocycles. The minimum absolute atomic E-state index is 0.00411. The van der Waals surface area contributed by atoms with Crippen LogP contribution in [-0.4, -0.2) is 39.9 Å². The van der Waals surface area contributed by atoms with Gasteiger partial charge in [-0.1, -0.05) is 48.4 Å². The Morgan fingerprint density at radius 3 is 2.54 bits per heavy atom. The molecule has 6 nitrogen and oxygen atoms in total. The number of rotatable bonds is 6. The van der Waals surface area contributed by atoms with E-state index in [1.165, 1.54) is 5.56 Å². The summed E-state index contributed by atoms with van der Waals surface area (Å²) < 4.78 is 0. The van der Waals surface area contributed by atoms with Crippen LogP contribution in [0.2, 0.25) is 5.02 Å². The highest BCUT2D eigenvalue weighted by atomic mass is 35.5. The smallest absolute Gasteiger partial charge is 0.303 e. The highest BCUT2D eigenvalue weighted by Crippen LogP contribution is 2.54. The number of amides is 2. The molecule has 194 valence electrons. The lowest BCUT2D eigenvalue weighted by molar-refractivity contribution is -0.143. The number of carboxylic acid groups (broad SMARTS) is 1. The SMILES string of the molecule is O=C(O)CCC(=O)N(C1CC1)[C@H]1c2ccc(Cl)cc2N(C(=O)C2CCCc3ccccc32)[C@@H]2CCC[C@@H]21.